The minimum atomic E-state index is -5.17. The van der Waals surface area contributed by atoms with Crippen LogP contribution in [-0.2, 0) is 25.4 Å². The number of methoxy groups -OCH3 is 1. The second-order valence-electron chi connectivity index (χ2n) is 10.7. The molecule has 1 aliphatic heterocycles. The second-order valence-corrected chi connectivity index (χ2v) is 10.7. The lowest BCUT2D eigenvalue weighted by molar-refractivity contribution is -0.255. The van der Waals surface area contributed by atoms with Crippen LogP contribution in [0, 0.1) is 0 Å². The highest BCUT2D eigenvalue weighted by molar-refractivity contribution is 6.30. The Morgan fingerprint density at radius 3 is 2.26 bits per heavy atom. The zero-order valence-corrected chi connectivity index (χ0v) is 22.4. The number of carbonyl (C=O) groups is 3. The molecule has 3 aliphatic rings. The van der Waals surface area contributed by atoms with Crippen molar-refractivity contribution in [3.63, 3.8) is 0 Å². The van der Waals surface area contributed by atoms with Gasteiger partial charge in [0.2, 0.25) is 0 Å². The van der Waals surface area contributed by atoms with Crippen LogP contribution in [0.2, 0.25) is 0 Å². The van der Waals surface area contributed by atoms with Crippen LogP contribution in [0.3, 0.4) is 0 Å². The molecule has 0 spiro atoms. The van der Waals surface area contributed by atoms with Gasteiger partial charge in [-0.05, 0) is 6.92 Å². The van der Waals surface area contributed by atoms with Crippen LogP contribution in [0.5, 0.6) is 11.5 Å². The Balaban J connectivity index is 1.55. The fourth-order valence-electron chi connectivity index (χ4n) is 6.05. The van der Waals surface area contributed by atoms with E-state index in [0.717, 1.165) is 0 Å². The van der Waals surface area contributed by atoms with Gasteiger partial charge >= 0.3 is 12.1 Å². The zero-order valence-electron chi connectivity index (χ0n) is 22.4. The number of ether oxygens (including phenoxy) is 3. The van der Waals surface area contributed by atoms with E-state index in [9.17, 15) is 48.0 Å². The van der Waals surface area contributed by atoms with Crippen molar-refractivity contribution in [2.45, 2.75) is 68.6 Å². The molecule has 5 rings (SSSR count). The molecule has 1 amide bonds. The molecule has 0 radical (unpaired) electrons. The molecular weight excluding hydrogens is 567 g/mol. The summed E-state index contributed by atoms with van der Waals surface area (Å²) in [5.74, 6) is -5.03. The molecule has 5 N–H and O–H groups in total. The number of carbonyl (C=O) groups excluding carboxylic acids is 3. The van der Waals surface area contributed by atoms with Crippen LogP contribution in [0.15, 0.2) is 24.3 Å². The highest BCUT2D eigenvalue weighted by Gasteiger charge is 2.49. The van der Waals surface area contributed by atoms with Crippen molar-refractivity contribution in [1.29, 1.82) is 0 Å². The first-order valence-corrected chi connectivity index (χ1v) is 13.0. The molecule has 0 bridgehead atoms. The maximum Gasteiger partial charge on any atom is 0.471 e. The van der Waals surface area contributed by atoms with Crippen LogP contribution < -0.4 is 5.32 Å². The van der Waals surface area contributed by atoms with Crippen LogP contribution in [0.4, 0.5) is 13.2 Å². The largest absolute Gasteiger partial charge is 0.507 e. The Kier molecular flexibility index (Phi) is 7.56. The zero-order chi connectivity index (χ0) is 30.7. The van der Waals surface area contributed by atoms with Crippen molar-refractivity contribution in [3.8, 4) is 11.5 Å². The summed E-state index contributed by atoms with van der Waals surface area (Å²) in [5.41, 5.74) is -3.14. The predicted octanol–water partition coefficient (Wildman–Crippen LogP) is 1.80. The molecular formula is C28H28F3NO10. The van der Waals surface area contributed by atoms with Gasteiger partial charge in [-0.1, -0.05) is 24.3 Å². The van der Waals surface area contributed by atoms with Gasteiger partial charge in [-0.25, -0.2) is 0 Å². The third kappa shape index (κ3) is 4.92. The molecule has 2 aliphatic carbocycles. The third-order valence-electron chi connectivity index (χ3n) is 7.98. The number of phenols is 2. The Hall–Kier alpha value is -3.56. The first-order chi connectivity index (χ1) is 19.7. The van der Waals surface area contributed by atoms with E-state index in [1.54, 1.807) is 0 Å². The summed E-state index contributed by atoms with van der Waals surface area (Å²) in [6.45, 7) is 0.661. The quantitative estimate of drug-likeness (QED) is 0.274. The van der Waals surface area contributed by atoms with E-state index in [1.165, 1.54) is 38.3 Å². The van der Waals surface area contributed by atoms with E-state index in [2.05, 4.69) is 0 Å². The first-order valence-electron chi connectivity index (χ1n) is 13.0. The number of halogens is 3. The average Bonchev–Trinajstić information content (AvgIpc) is 2.93. The van der Waals surface area contributed by atoms with Crippen molar-refractivity contribution >= 4 is 17.5 Å². The van der Waals surface area contributed by atoms with Gasteiger partial charge in [-0.3, -0.25) is 14.4 Å². The fourth-order valence-corrected chi connectivity index (χ4v) is 6.05. The van der Waals surface area contributed by atoms with E-state index >= 15 is 0 Å². The third-order valence-corrected chi connectivity index (χ3v) is 7.98. The number of hydrogen-bond donors (Lipinski definition) is 5. The Labute approximate surface area is 236 Å². The number of nitrogens with one attached hydrogen (secondary N) is 1. The normalized spacial score (nSPS) is 29.0. The Morgan fingerprint density at radius 2 is 1.71 bits per heavy atom. The molecule has 6 atom stereocenters. The fraction of sp³-hybridized carbons (Fsp3) is 0.464. The molecule has 0 saturated carbocycles. The number of aliphatic hydroxyl groups is 2. The molecule has 14 heteroatoms. The van der Waals surface area contributed by atoms with Crippen LogP contribution in [0.25, 0.3) is 0 Å². The topological polar surface area (TPSA) is 172 Å². The van der Waals surface area contributed by atoms with Crippen molar-refractivity contribution in [1.82, 2.24) is 5.32 Å². The van der Waals surface area contributed by atoms with Gasteiger partial charge in [0.25, 0.3) is 0 Å². The maximum atomic E-state index is 13.4. The lowest BCUT2D eigenvalue weighted by Gasteiger charge is -2.43. The van der Waals surface area contributed by atoms with Gasteiger partial charge in [0.1, 0.15) is 17.6 Å². The number of hydrogen-bond acceptors (Lipinski definition) is 10. The average molecular weight is 596 g/mol. The molecule has 42 heavy (non-hydrogen) atoms. The summed E-state index contributed by atoms with van der Waals surface area (Å²) in [4.78, 5) is 38.4. The number of aliphatic hydroxyl groups excluding tert-OH is 1. The Morgan fingerprint density at radius 1 is 1.12 bits per heavy atom. The van der Waals surface area contributed by atoms with E-state index in [4.69, 9.17) is 14.2 Å². The summed E-state index contributed by atoms with van der Waals surface area (Å²) in [7, 11) is 1.23. The number of benzene rings is 2. The van der Waals surface area contributed by atoms with E-state index in [0.29, 0.717) is 0 Å². The van der Waals surface area contributed by atoms with E-state index in [-0.39, 0.29) is 35.1 Å². The maximum absolute atomic E-state index is 13.4. The van der Waals surface area contributed by atoms with Gasteiger partial charge in [0.05, 0.1) is 41.6 Å². The van der Waals surface area contributed by atoms with Crippen molar-refractivity contribution in [3.05, 3.63) is 57.6 Å². The minimum Gasteiger partial charge on any atom is -0.507 e. The van der Waals surface area contributed by atoms with Crippen LogP contribution in [-0.4, -0.2) is 87.9 Å². The molecule has 0 unspecified atom stereocenters. The number of ketones is 2. The highest BCUT2D eigenvalue weighted by Crippen LogP contribution is 2.51. The highest BCUT2D eigenvalue weighted by atomic mass is 19.4. The number of amides is 1. The standard InChI is InChI=1S/C28H28F3NO10/c1-11-25(40-2)15(32-26(38)28(29,30)31)7-17(41-11)42-16-9-27(39,10-33)8-14-18(16)24(37)20-19(23(14)36)21(34)12-5-3-4-6-13(12)22(20)35/h3-6,11,15-17,25,33,36-37,39H,7-10H2,1-2H3,(H,32,38)/t11-,15-,16-,17-,25+,27-/m0/s1. The van der Waals surface area contributed by atoms with E-state index < -0.39 is 95.5 Å². The smallest absolute Gasteiger partial charge is 0.471 e. The molecule has 1 fully saturated rings. The number of phenolic OH excluding ortho intramolecular Hbond substituents is 2. The lowest BCUT2D eigenvalue weighted by Crippen LogP contribution is -2.58. The van der Waals surface area contributed by atoms with Gasteiger partial charge in [0, 0.05) is 48.6 Å². The van der Waals surface area contributed by atoms with Crippen LogP contribution >= 0.6 is 0 Å². The first kappa shape index (κ1) is 29.9. The minimum absolute atomic E-state index is 0.00286. The van der Waals surface area contributed by atoms with Crippen molar-refractivity contribution in [2.75, 3.05) is 13.7 Å². The molecule has 11 nitrogen and oxygen atoms in total. The van der Waals surface area contributed by atoms with Gasteiger partial charge in [-0.15, -0.1) is 0 Å². The number of aromatic hydroxyl groups is 2. The summed E-state index contributed by atoms with van der Waals surface area (Å²) in [6.07, 6.45) is -10.9. The van der Waals surface area contributed by atoms with Gasteiger partial charge in [-0.2, -0.15) is 13.2 Å². The monoisotopic (exact) mass is 595 g/mol. The second kappa shape index (κ2) is 10.6. The number of fused-ring (bicyclic) bond motifs is 3. The Bertz CT molecular complexity index is 1460. The summed E-state index contributed by atoms with van der Waals surface area (Å²) in [5, 5.41) is 45.6. The number of rotatable bonds is 5. The molecule has 2 aromatic rings. The summed E-state index contributed by atoms with van der Waals surface area (Å²) in [6, 6.07) is 4.63. The molecule has 1 saturated heterocycles. The van der Waals surface area contributed by atoms with Gasteiger partial charge in [0.15, 0.2) is 17.9 Å². The van der Waals surface area contributed by atoms with Crippen LogP contribution in [0.1, 0.15) is 68.8 Å². The molecule has 2 aromatic carbocycles. The summed E-state index contributed by atoms with van der Waals surface area (Å²) >= 11 is 0. The lowest BCUT2D eigenvalue weighted by atomic mass is 9.73. The molecule has 1 heterocycles. The van der Waals surface area contributed by atoms with Gasteiger partial charge < -0.3 is 40.0 Å². The molecule has 0 aromatic heterocycles. The molecule has 226 valence electrons. The SMILES string of the molecule is CO[C@H]1[C@@H](NC(=O)C(F)(F)F)C[C@H](O[C@H]2C[C@](O)(CO)Cc3c(O)c4c(c(O)c32)C(=O)c2ccccc2C4=O)O[C@H]1C. The number of alkyl halides is 3. The predicted molar refractivity (Wildman–Crippen MR) is 135 cm³/mol. The summed E-state index contributed by atoms with van der Waals surface area (Å²) < 4.78 is 56.0. The van der Waals surface area contributed by atoms with E-state index in [1.807, 2.05) is 5.32 Å². The van der Waals surface area contributed by atoms with Crippen molar-refractivity contribution in [2.24, 2.45) is 0 Å². The van der Waals surface area contributed by atoms with Crippen molar-refractivity contribution < 1.29 is 62.2 Å².